The van der Waals surface area contributed by atoms with E-state index in [1.54, 1.807) is 0 Å². The van der Waals surface area contributed by atoms with Crippen molar-refractivity contribution in [2.75, 3.05) is 6.61 Å². The van der Waals surface area contributed by atoms with Crippen molar-refractivity contribution < 1.29 is 14.6 Å². The number of hydrogen-bond acceptors (Lipinski definition) is 2. The molecule has 1 heterocycles. The van der Waals surface area contributed by atoms with Gasteiger partial charge in [-0.25, -0.2) is 0 Å². The summed E-state index contributed by atoms with van der Waals surface area (Å²) in [6.07, 6.45) is 1.72. The minimum Gasteiger partial charge on any atom is -0.481 e. The summed E-state index contributed by atoms with van der Waals surface area (Å²) in [5, 5.41) is 9.63. The van der Waals surface area contributed by atoms with Gasteiger partial charge in [-0.1, -0.05) is 30.3 Å². The summed E-state index contributed by atoms with van der Waals surface area (Å²) in [5.41, 5.74) is 0.0340. The van der Waals surface area contributed by atoms with Gasteiger partial charge in [-0.3, -0.25) is 4.79 Å². The summed E-state index contributed by atoms with van der Waals surface area (Å²) in [7, 11) is 0. The summed E-state index contributed by atoms with van der Waals surface area (Å²) in [4.78, 5) is 11.7. The maximum absolute atomic E-state index is 11.7. The summed E-state index contributed by atoms with van der Waals surface area (Å²) in [6, 6.07) is 9.84. The second-order valence-electron chi connectivity index (χ2n) is 5.78. The Bertz CT molecular complexity index is 425. The average Bonchev–Trinajstić information content (AvgIpc) is 2.28. The number of ether oxygens (including phenoxy) is 1. The maximum Gasteiger partial charge on any atom is 0.310 e. The van der Waals surface area contributed by atoms with Gasteiger partial charge in [-0.15, -0.1) is 0 Å². The molecule has 1 fully saturated rings. The molecule has 1 N–H and O–H groups in total. The monoisotopic (exact) mass is 248 g/mol. The Kier molecular flexibility index (Phi) is 3.44. The molecule has 0 saturated carbocycles. The Morgan fingerprint density at radius 2 is 2.00 bits per heavy atom. The van der Waals surface area contributed by atoms with E-state index in [4.69, 9.17) is 4.74 Å². The zero-order chi connectivity index (χ0) is 13.2. The molecule has 3 nitrogen and oxygen atoms in total. The molecule has 0 radical (unpaired) electrons. The van der Waals surface area contributed by atoms with Gasteiger partial charge in [0, 0.05) is 6.61 Å². The highest BCUT2D eigenvalue weighted by atomic mass is 16.5. The number of rotatable bonds is 3. The van der Waals surface area contributed by atoms with Crippen LogP contribution in [0.1, 0.15) is 32.3 Å². The molecule has 98 valence electrons. The smallest absolute Gasteiger partial charge is 0.310 e. The molecule has 1 aromatic rings. The molecule has 1 saturated heterocycles. The zero-order valence-electron chi connectivity index (χ0n) is 11.0. The molecular weight excluding hydrogens is 228 g/mol. The SMILES string of the molecule is CC1(C)CC(Cc2ccccc2)(C(=O)O)CCO1. The van der Waals surface area contributed by atoms with Crippen LogP contribution < -0.4 is 0 Å². The number of carboxylic acid groups (broad SMARTS) is 1. The number of benzene rings is 1. The fraction of sp³-hybridized carbons (Fsp3) is 0.533. The van der Waals surface area contributed by atoms with E-state index in [2.05, 4.69) is 0 Å². The van der Waals surface area contributed by atoms with E-state index >= 15 is 0 Å². The van der Waals surface area contributed by atoms with E-state index < -0.39 is 11.4 Å². The molecule has 0 bridgehead atoms. The first-order valence-electron chi connectivity index (χ1n) is 6.35. The van der Waals surface area contributed by atoms with Crippen LogP contribution in [-0.4, -0.2) is 23.3 Å². The number of carbonyl (C=O) groups is 1. The lowest BCUT2D eigenvalue weighted by Gasteiger charge is -2.42. The lowest BCUT2D eigenvalue weighted by atomic mass is 9.70. The number of aliphatic carboxylic acids is 1. The van der Waals surface area contributed by atoms with E-state index in [1.165, 1.54) is 0 Å². The largest absolute Gasteiger partial charge is 0.481 e. The molecule has 18 heavy (non-hydrogen) atoms. The maximum atomic E-state index is 11.7. The standard InChI is InChI=1S/C15H20O3/c1-14(2)11-15(13(16)17,8-9-18-14)10-12-6-4-3-5-7-12/h3-7H,8-11H2,1-2H3,(H,16,17). The lowest BCUT2D eigenvalue weighted by molar-refractivity contribution is -0.166. The molecule has 3 heteroatoms. The van der Waals surface area contributed by atoms with Gasteiger partial charge in [0.25, 0.3) is 0 Å². The van der Waals surface area contributed by atoms with Crippen molar-refractivity contribution in [3.8, 4) is 0 Å². The topological polar surface area (TPSA) is 46.5 Å². The van der Waals surface area contributed by atoms with Crippen molar-refractivity contribution in [2.24, 2.45) is 5.41 Å². The molecule has 1 aliphatic heterocycles. The minimum absolute atomic E-state index is 0.356. The fourth-order valence-electron chi connectivity index (χ4n) is 2.87. The summed E-state index contributed by atoms with van der Waals surface area (Å²) in [5.74, 6) is -0.706. The van der Waals surface area contributed by atoms with Crippen molar-refractivity contribution in [3.63, 3.8) is 0 Å². The molecule has 0 spiro atoms. The van der Waals surface area contributed by atoms with Crippen LogP contribution in [0.4, 0.5) is 0 Å². The van der Waals surface area contributed by atoms with Crippen molar-refractivity contribution >= 4 is 5.97 Å². The Hall–Kier alpha value is -1.35. The van der Waals surface area contributed by atoms with Crippen molar-refractivity contribution in [3.05, 3.63) is 35.9 Å². The van der Waals surface area contributed by atoms with Crippen LogP contribution in [0.5, 0.6) is 0 Å². The second kappa shape index (κ2) is 4.73. The van der Waals surface area contributed by atoms with E-state index in [-0.39, 0.29) is 5.60 Å². The van der Waals surface area contributed by atoms with Crippen molar-refractivity contribution in [1.82, 2.24) is 0 Å². The highest BCUT2D eigenvalue weighted by molar-refractivity contribution is 5.75. The normalized spacial score (nSPS) is 26.8. The third kappa shape index (κ3) is 2.72. The Labute approximate surface area is 108 Å². The van der Waals surface area contributed by atoms with Gasteiger partial charge in [0.15, 0.2) is 0 Å². The first-order chi connectivity index (χ1) is 8.44. The highest BCUT2D eigenvalue weighted by Crippen LogP contribution is 2.41. The third-order valence-corrected chi connectivity index (χ3v) is 3.68. The van der Waals surface area contributed by atoms with Crippen LogP contribution in [0.3, 0.4) is 0 Å². The Balaban J connectivity index is 2.25. The minimum atomic E-state index is -0.706. The molecular formula is C15H20O3. The molecule has 1 aliphatic rings. The predicted molar refractivity (Wildman–Crippen MR) is 69.5 cm³/mol. The van der Waals surface area contributed by atoms with Gasteiger partial charge in [-0.05, 0) is 38.7 Å². The zero-order valence-corrected chi connectivity index (χ0v) is 11.0. The highest BCUT2D eigenvalue weighted by Gasteiger charge is 2.46. The van der Waals surface area contributed by atoms with Gasteiger partial charge in [0.05, 0.1) is 11.0 Å². The Morgan fingerprint density at radius 3 is 2.56 bits per heavy atom. The van der Waals surface area contributed by atoms with Gasteiger partial charge < -0.3 is 9.84 Å². The van der Waals surface area contributed by atoms with Crippen LogP contribution in [0.25, 0.3) is 0 Å². The first-order valence-corrected chi connectivity index (χ1v) is 6.35. The third-order valence-electron chi connectivity index (χ3n) is 3.68. The van der Waals surface area contributed by atoms with Crippen LogP contribution in [0.15, 0.2) is 30.3 Å². The second-order valence-corrected chi connectivity index (χ2v) is 5.78. The molecule has 1 atom stereocenters. The van der Waals surface area contributed by atoms with Crippen molar-refractivity contribution in [2.45, 2.75) is 38.7 Å². The number of hydrogen-bond donors (Lipinski definition) is 1. The van der Waals surface area contributed by atoms with E-state index in [9.17, 15) is 9.90 Å². The first kappa shape index (κ1) is 13.1. The van der Waals surface area contributed by atoms with Gasteiger partial charge in [0.1, 0.15) is 0 Å². The fourth-order valence-corrected chi connectivity index (χ4v) is 2.87. The van der Waals surface area contributed by atoms with Gasteiger partial charge in [-0.2, -0.15) is 0 Å². The molecule has 0 aliphatic carbocycles. The molecule has 2 rings (SSSR count). The van der Waals surface area contributed by atoms with Crippen LogP contribution in [0.2, 0.25) is 0 Å². The van der Waals surface area contributed by atoms with Gasteiger partial charge >= 0.3 is 5.97 Å². The lowest BCUT2D eigenvalue weighted by Crippen LogP contribution is -2.47. The predicted octanol–water partition coefficient (Wildman–Crippen LogP) is 2.89. The van der Waals surface area contributed by atoms with E-state index in [0.29, 0.717) is 25.9 Å². The molecule has 1 aromatic carbocycles. The van der Waals surface area contributed by atoms with Crippen LogP contribution >= 0.6 is 0 Å². The summed E-state index contributed by atoms with van der Waals surface area (Å²) in [6.45, 7) is 4.45. The molecule has 0 amide bonds. The average molecular weight is 248 g/mol. The van der Waals surface area contributed by atoms with Crippen LogP contribution in [0, 0.1) is 5.41 Å². The number of carboxylic acids is 1. The Morgan fingerprint density at radius 1 is 1.33 bits per heavy atom. The summed E-state index contributed by atoms with van der Waals surface area (Å²) < 4.78 is 5.65. The summed E-state index contributed by atoms with van der Waals surface area (Å²) >= 11 is 0. The van der Waals surface area contributed by atoms with Crippen molar-refractivity contribution in [1.29, 1.82) is 0 Å². The van der Waals surface area contributed by atoms with Gasteiger partial charge in [0.2, 0.25) is 0 Å². The van der Waals surface area contributed by atoms with E-state index in [1.807, 2.05) is 44.2 Å². The van der Waals surface area contributed by atoms with Crippen LogP contribution in [-0.2, 0) is 16.0 Å². The molecule has 1 unspecified atom stereocenters. The molecule has 0 aromatic heterocycles. The van der Waals surface area contributed by atoms with E-state index in [0.717, 1.165) is 5.56 Å². The quantitative estimate of drug-likeness (QED) is 0.894.